The standard InChI is InChI=1S/C23H30O3/c1-5-15-13-20(26-14(2)24)21-18-7-6-16-12-17(25)8-10-22(16,3)19(18)9-11-23(15,21)4/h5,8,10,12,15,18-21H,1,6-7,9,11,13H2,2-4H3. The molecule has 3 heteroatoms. The summed E-state index contributed by atoms with van der Waals surface area (Å²) >= 11 is 0. The second kappa shape index (κ2) is 5.94. The fraction of sp³-hybridized carbons (Fsp3) is 0.652. The Kier molecular flexibility index (Phi) is 4.05. The summed E-state index contributed by atoms with van der Waals surface area (Å²) in [7, 11) is 0. The maximum atomic E-state index is 11.9. The van der Waals surface area contributed by atoms with Crippen LogP contribution >= 0.6 is 0 Å². The van der Waals surface area contributed by atoms with E-state index in [4.69, 9.17) is 4.74 Å². The van der Waals surface area contributed by atoms with Gasteiger partial charge in [0.25, 0.3) is 0 Å². The smallest absolute Gasteiger partial charge is 0.302 e. The number of carbonyl (C=O) groups is 2. The van der Waals surface area contributed by atoms with E-state index in [0.29, 0.717) is 23.7 Å². The van der Waals surface area contributed by atoms with Crippen molar-refractivity contribution in [3.8, 4) is 0 Å². The largest absolute Gasteiger partial charge is 0.462 e. The van der Waals surface area contributed by atoms with Crippen LogP contribution in [0.2, 0.25) is 0 Å². The number of esters is 1. The van der Waals surface area contributed by atoms with Gasteiger partial charge in [0.15, 0.2) is 5.78 Å². The van der Waals surface area contributed by atoms with Crippen molar-refractivity contribution in [2.24, 2.45) is 34.5 Å². The molecule has 0 saturated heterocycles. The average molecular weight is 354 g/mol. The van der Waals surface area contributed by atoms with Gasteiger partial charge in [-0.2, -0.15) is 0 Å². The van der Waals surface area contributed by atoms with E-state index < -0.39 is 0 Å². The summed E-state index contributed by atoms with van der Waals surface area (Å²) < 4.78 is 5.84. The average Bonchev–Trinajstić information content (AvgIpc) is 2.86. The Morgan fingerprint density at radius 2 is 2.12 bits per heavy atom. The van der Waals surface area contributed by atoms with Crippen molar-refractivity contribution in [3.63, 3.8) is 0 Å². The molecule has 4 rings (SSSR count). The lowest BCUT2D eigenvalue weighted by molar-refractivity contribution is -0.154. The lowest BCUT2D eigenvalue weighted by atomic mass is 9.47. The van der Waals surface area contributed by atoms with Gasteiger partial charge in [0.1, 0.15) is 6.10 Å². The van der Waals surface area contributed by atoms with Gasteiger partial charge in [0.05, 0.1) is 0 Å². The number of hydrogen-bond acceptors (Lipinski definition) is 3. The number of allylic oxidation sites excluding steroid dienone is 5. The first-order valence-corrected chi connectivity index (χ1v) is 10.0. The molecular weight excluding hydrogens is 324 g/mol. The predicted molar refractivity (Wildman–Crippen MR) is 101 cm³/mol. The number of ketones is 1. The van der Waals surface area contributed by atoms with E-state index in [-0.39, 0.29) is 28.7 Å². The van der Waals surface area contributed by atoms with Gasteiger partial charge in [-0.25, -0.2) is 0 Å². The van der Waals surface area contributed by atoms with Crippen LogP contribution in [0.1, 0.15) is 52.9 Å². The number of rotatable bonds is 2. The van der Waals surface area contributed by atoms with Crippen LogP contribution in [0.4, 0.5) is 0 Å². The number of ether oxygens (including phenoxy) is 1. The van der Waals surface area contributed by atoms with Gasteiger partial charge < -0.3 is 4.74 Å². The van der Waals surface area contributed by atoms with Crippen molar-refractivity contribution in [2.75, 3.05) is 0 Å². The highest BCUT2D eigenvalue weighted by Crippen LogP contribution is 2.66. The Labute approximate surface area is 156 Å². The molecule has 0 aliphatic heterocycles. The minimum Gasteiger partial charge on any atom is -0.462 e. The molecule has 0 heterocycles. The molecule has 0 amide bonds. The van der Waals surface area contributed by atoms with E-state index in [1.807, 2.05) is 6.08 Å². The van der Waals surface area contributed by atoms with Gasteiger partial charge >= 0.3 is 5.97 Å². The maximum absolute atomic E-state index is 11.9. The molecule has 4 aliphatic rings. The molecule has 26 heavy (non-hydrogen) atoms. The number of hydrogen-bond donors (Lipinski definition) is 0. The van der Waals surface area contributed by atoms with Crippen molar-refractivity contribution >= 4 is 11.8 Å². The molecular formula is C23H30O3. The first kappa shape index (κ1) is 17.8. The Morgan fingerprint density at radius 3 is 2.81 bits per heavy atom. The number of fused-ring (bicyclic) bond motifs is 5. The molecule has 3 saturated carbocycles. The molecule has 0 radical (unpaired) electrons. The molecule has 3 fully saturated rings. The molecule has 0 aromatic rings. The molecule has 3 nitrogen and oxygen atoms in total. The fourth-order valence-corrected chi connectivity index (χ4v) is 6.97. The van der Waals surface area contributed by atoms with Crippen molar-refractivity contribution in [3.05, 3.63) is 36.5 Å². The number of carbonyl (C=O) groups excluding carboxylic acids is 2. The molecule has 7 unspecified atom stereocenters. The summed E-state index contributed by atoms with van der Waals surface area (Å²) in [6, 6.07) is 0. The van der Waals surface area contributed by atoms with E-state index in [2.05, 4.69) is 32.6 Å². The quantitative estimate of drug-likeness (QED) is 0.536. The normalized spacial score (nSPS) is 46.7. The van der Waals surface area contributed by atoms with E-state index in [9.17, 15) is 9.59 Å². The minimum absolute atomic E-state index is 0.00312. The van der Waals surface area contributed by atoms with E-state index in [1.165, 1.54) is 18.9 Å². The second-order valence-corrected chi connectivity index (χ2v) is 9.29. The van der Waals surface area contributed by atoms with Crippen LogP contribution in [0.3, 0.4) is 0 Å². The van der Waals surface area contributed by atoms with E-state index in [0.717, 1.165) is 25.7 Å². The molecule has 0 spiro atoms. The van der Waals surface area contributed by atoms with Gasteiger partial charge in [-0.05, 0) is 67.4 Å². The first-order chi connectivity index (χ1) is 12.3. The zero-order chi connectivity index (χ0) is 18.7. The minimum atomic E-state index is -0.171. The summed E-state index contributed by atoms with van der Waals surface area (Å²) in [6.07, 6.45) is 13.1. The van der Waals surface area contributed by atoms with Crippen LogP contribution < -0.4 is 0 Å². The highest BCUT2D eigenvalue weighted by Gasteiger charge is 2.61. The van der Waals surface area contributed by atoms with Crippen molar-refractivity contribution in [1.29, 1.82) is 0 Å². The monoisotopic (exact) mass is 354 g/mol. The van der Waals surface area contributed by atoms with Gasteiger partial charge in [-0.15, -0.1) is 6.58 Å². The predicted octanol–water partition coefficient (Wildman–Crippen LogP) is 4.64. The lowest BCUT2D eigenvalue weighted by Crippen LogP contribution is -2.51. The van der Waals surface area contributed by atoms with Gasteiger partial charge in [0.2, 0.25) is 0 Å². The summed E-state index contributed by atoms with van der Waals surface area (Å²) in [5.74, 6) is 1.80. The van der Waals surface area contributed by atoms with Crippen molar-refractivity contribution < 1.29 is 14.3 Å². The third-order valence-corrected chi connectivity index (χ3v) is 8.19. The fourth-order valence-electron chi connectivity index (χ4n) is 6.97. The molecule has 4 aliphatic carbocycles. The van der Waals surface area contributed by atoms with Gasteiger partial charge in [-0.3, -0.25) is 9.59 Å². The lowest BCUT2D eigenvalue weighted by Gasteiger charge is -2.57. The molecule has 0 bridgehead atoms. The first-order valence-electron chi connectivity index (χ1n) is 10.0. The van der Waals surface area contributed by atoms with Crippen LogP contribution in [0.25, 0.3) is 0 Å². The molecule has 0 aromatic heterocycles. The van der Waals surface area contributed by atoms with Gasteiger partial charge in [-0.1, -0.05) is 31.6 Å². The molecule has 0 N–H and O–H groups in total. The third-order valence-electron chi connectivity index (χ3n) is 8.19. The van der Waals surface area contributed by atoms with E-state index in [1.54, 1.807) is 6.08 Å². The van der Waals surface area contributed by atoms with Crippen LogP contribution in [0, 0.1) is 34.5 Å². The Bertz CT molecular complexity index is 717. The summed E-state index contributed by atoms with van der Waals surface area (Å²) in [6.45, 7) is 10.3. The van der Waals surface area contributed by atoms with Crippen molar-refractivity contribution in [1.82, 2.24) is 0 Å². The highest BCUT2D eigenvalue weighted by molar-refractivity contribution is 6.01. The summed E-state index contributed by atoms with van der Waals surface area (Å²) in [4.78, 5) is 23.6. The Balaban J connectivity index is 1.72. The van der Waals surface area contributed by atoms with Gasteiger partial charge in [0, 0.05) is 18.3 Å². The summed E-state index contributed by atoms with van der Waals surface area (Å²) in [5, 5.41) is 0. The third kappa shape index (κ3) is 2.39. The van der Waals surface area contributed by atoms with Crippen LogP contribution in [0.5, 0.6) is 0 Å². The maximum Gasteiger partial charge on any atom is 0.302 e. The van der Waals surface area contributed by atoms with Crippen LogP contribution in [-0.2, 0) is 14.3 Å². The summed E-state index contributed by atoms with van der Waals surface area (Å²) in [5.41, 5.74) is 1.44. The zero-order valence-electron chi connectivity index (χ0n) is 16.2. The second-order valence-electron chi connectivity index (χ2n) is 9.29. The SMILES string of the molecule is C=CC1CC(OC(C)=O)C2C3CCC4=CC(=O)C=CC4(C)C3CCC12C. The topological polar surface area (TPSA) is 43.4 Å². The highest BCUT2D eigenvalue weighted by atomic mass is 16.5. The van der Waals surface area contributed by atoms with E-state index >= 15 is 0 Å². The Morgan fingerprint density at radius 1 is 1.35 bits per heavy atom. The zero-order valence-corrected chi connectivity index (χ0v) is 16.2. The Hall–Kier alpha value is -1.64. The van der Waals surface area contributed by atoms with Crippen LogP contribution in [-0.4, -0.2) is 17.9 Å². The molecule has 0 aromatic carbocycles. The van der Waals surface area contributed by atoms with Crippen molar-refractivity contribution in [2.45, 2.75) is 59.0 Å². The van der Waals surface area contributed by atoms with Crippen LogP contribution in [0.15, 0.2) is 36.5 Å². The molecule has 7 atom stereocenters. The molecule has 140 valence electrons.